The second kappa shape index (κ2) is 9.15. The number of pyridine rings is 1. The Bertz CT molecular complexity index is 972. The first-order chi connectivity index (χ1) is 14.1. The van der Waals surface area contributed by atoms with Crippen LogP contribution in [0.3, 0.4) is 0 Å². The molecule has 1 aliphatic rings. The van der Waals surface area contributed by atoms with Gasteiger partial charge in [0.1, 0.15) is 16.1 Å². The Kier molecular flexibility index (Phi) is 6.37. The number of nitrogens with zero attached hydrogens (tertiary/aromatic N) is 4. The normalized spacial score (nSPS) is 14.4. The molecule has 1 aliphatic heterocycles. The maximum Gasteiger partial charge on any atom is 0.222 e. The van der Waals surface area contributed by atoms with E-state index in [1.165, 1.54) is 0 Å². The average molecular weight is 451 g/mol. The second-order valence-electron chi connectivity index (χ2n) is 6.72. The lowest BCUT2D eigenvalue weighted by atomic mass is 10.2. The third-order valence-corrected chi connectivity index (χ3v) is 6.31. The summed E-state index contributed by atoms with van der Waals surface area (Å²) in [5.74, 6) is 0.740. The van der Waals surface area contributed by atoms with Crippen molar-refractivity contribution in [3.63, 3.8) is 0 Å². The molecule has 0 N–H and O–H groups in total. The van der Waals surface area contributed by atoms with Gasteiger partial charge in [0.2, 0.25) is 5.91 Å². The third kappa shape index (κ3) is 4.91. The van der Waals surface area contributed by atoms with Crippen LogP contribution in [0.2, 0.25) is 10.0 Å². The van der Waals surface area contributed by atoms with Crippen LogP contribution in [0, 0.1) is 0 Å². The Morgan fingerprint density at radius 2 is 2.00 bits per heavy atom. The van der Waals surface area contributed by atoms with E-state index in [2.05, 4.69) is 14.9 Å². The van der Waals surface area contributed by atoms with Gasteiger partial charge in [-0.2, -0.15) is 0 Å². The van der Waals surface area contributed by atoms with Crippen molar-refractivity contribution in [3.05, 3.63) is 46.6 Å². The van der Waals surface area contributed by atoms with Crippen molar-refractivity contribution in [3.8, 4) is 5.75 Å². The van der Waals surface area contributed by atoms with Gasteiger partial charge in [-0.15, -0.1) is 0 Å². The van der Waals surface area contributed by atoms with E-state index in [0.29, 0.717) is 48.3 Å². The number of carbonyl (C=O) groups excluding carboxylic acids is 1. The lowest BCUT2D eigenvalue weighted by Crippen LogP contribution is -2.48. The Morgan fingerprint density at radius 1 is 1.17 bits per heavy atom. The van der Waals surface area contributed by atoms with E-state index in [1.54, 1.807) is 35.7 Å². The molecule has 29 heavy (non-hydrogen) atoms. The van der Waals surface area contributed by atoms with Gasteiger partial charge in [0.15, 0.2) is 5.13 Å². The van der Waals surface area contributed by atoms with Crippen LogP contribution in [0.15, 0.2) is 36.5 Å². The van der Waals surface area contributed by atoms with Crippen molar-refractivity contribution in [2.24, 2.45) is 0 Å². The number of halogens is 2. The number of anilines is 1. The number of rotatable bonds is 6. The van der Waals surface area contributed by atoms with Crippen LogP contribution >= 0.6 is 34.5 Å². The van der Waals surface area contributed by atoms with E-state index in [9.17, 15) is 4.79 Å². The van der Waals surface area contributed by atoms with Crippen molar-refractivity contribution < 1.29 is 9.53 Å². The zero-order valence-electron chi connectivity index (χ0n) is 15.7. The molecule has 9 heteroatoms. The molecule has 2 aromatic heterocycles. The van der Waals surface area contributed by atoms with E-state index in [-0.39, 0.29) is 5.91 Å². The molecule has 0 radical (unpaired) electrons. The molecule has 0 atom stereocenters. The molecular weight excluding hydrogens is 431 g/mol. The zero-order valence-corrected chi connectivity index (χ0v) is 18.0. The summed E-state index contributed by atoms with van der Waals surface area (Å²) >= 11 is 13.6. The first-order valence-corrected chi connectivity index (χ1v) is 11.0. The lowest BCUT2D eigenvalue weighted by molar-refractivity contribution is -0.131. The number of fused-ring (bicyclic) bond motifs is 1. The van der Waals surface area contributed by atoms with E-state index in [1.807, 2.05) is 17.0 Å². The highest BCUT2D eigenvalue weighted by Crippen LogP contribution is 2.28. The van der Waals surface area contributed by atoms with Gasteiger partial charge in [0.25, 0.3) is 0 Å². The van der Waals surface area contributed by atoms with Gasteiger partial charge in [-0.05, 0) is 36.8 Å². The summed E-state index contributed by atoms with van der Waals surface area (Å²) in [4.78, 5) is 26.6. The summed E-state index contributed by atoms with van der Waals surface area (Å²) in [6.07, 6.45) is 2.88. The molecule has 0 saturated carbocycles. The van der Waals surface area contributed by atoms with Gasteiger partial charge in [0, 0.05) is 43.8 Å². The average Bonchev–Trinajstić information content (AvgIpc) is 3.17. The Balaban J connectivity index is 1.21. The van der Waals surface area contributed by atoms with Crippen molar-refractivity contribution >= 4 is 55.9 Å². The Hall–Kier alpha value is -2.09. The molecule has 0 spiro atoms. The molecule has 1 amide bonds. The molecule has 6 nitrogen and oxygen atoms in total. The number of ether oxygens (including phenoxy) is 1. The van der Waals surface area contributed by atoms with Crippen LogP contribution in [0.5, 0.6) is 5.75 Å². The molecule has 0 unspecified atom stereocenters. The highest BCUT2D eigenvalue weighted by Gasteiger charge is 2.23. The first-order valence-electron chi connectivity index (χ1n) is 9.42. The largest absolute Gasteiger partial charge is 0.492 e. The van der Waals surface area contributed by atoms with Crippen LogP contribution < -0.4 is 9.64 Å². The molecule has 0 bridgehead atoms. The summed E-state index contributed by atoms with van der Waals surface area (Å²) in [5, 5.41) is 2.02. The van der Waals surface area contributed by atoms with E-state index < -0.39 is 0 Å². The Labute approximate surface area is 183 Å². The summed E-state index contributed by atoms with van der Waals surface area (Å²) in [5.41, 5.74) is 0.923. The molecule has 1 aromatic carbocycles. The minimum absolute atomic E-state index is 0.154. The van der Waals surface area contributed by atoms with Gasteiger partial charge in [-0.1, -0.05) is 34.5 Å². The summed E-state index contributed by atoms with van der Waals surface area (Å²) in [7, 11) is 0. The monoisotopic (exact) mass is 450 g/mol. The van der Waals surface area contributed by atoms with Gasteiger partial charge in [-0.25, -0.2) is 9.97 Å². The third-order valence-electron chi connectivity index (χ3n) is 4.74. The standard InChI is InChI=1S/C20H20Cl2N4O2S/c21-14-5-6-17(15(22)13-14)28-12-2-4-18(27)25-8-10-26(11-9-25)20-24-16-3-1-7-23-19(16)29-20/h1,3,5-7,13H,2,4,8-12H2. The molecule has 3 aromatic rings. The molecule has 4 rings (SSSR count). The number of aromatic nitrogens is 2. The minimum atomic E-state index is 0.154. The number of hydrogen-bond acceptors (Lipinski definition) is 6. The minimum Gasteiger partial charge on any atom is -0.492 e. The summed E-state index contributed by atoms with van der Waals surface area (Å²) < 4.78 is 5.65. The number of carbonyl (C=O) groups is 1. The lowest BCUT2D eigenvalue weighted by Gasteiger charge is -2.34. The van der Waals surface area contributed by atoms with Crippen molar-refractivity contribution in [2.45, 2.75) is 12.8 Å². The topological polar surface area (TPSA) is 58.6 Å². The number of benzene rings is 1. The smallest absolute Gasteiger partial charge is 0.222 e. The van der Waals surface area contributed by atoms with Gasteiger partial charge < -0.3 is 14.5 Å². The van der Waals surface area contributed by atoms with Gasteiger partial charge >= 0.3 is 0 Å². The Morgan fingerprint density at radius 3 is 2.76 bits per heavy atom. The van der Waals surface area contributed by atoms with E-state index >= 15 is 0 Å². The number of hydrogen-bond donors (Lipinski definition) is 0. The summed E-state index contributed by atoms with van der Waals surface area (Å²) in [6, 6.07) is 8.98. The van der Waals surface area contributed by atoms with Gasteiger partial charge in [0.05, 0.1) is 11.6 Å². The fourth-order valence-electron chi connectivity index (χ4n) is 3.20. The van der Waals surface area contributed by atoms with E-state index in [0.717, 1.165) is 28.6 Å². The van der Waals surface area contributed by atoms with Crippen LogP contribution in [-0.2, 0) is 4.79 Å². The van der Waals surface area contributed by atoms with Crippen LogP contribution in [0.25, 0.3) is 10.3 Å². The van der Waals surface area contributed by atoms with Crippen molar-refractivity contribution in [1.29, 1.82) is 0 Å². The van der Waals surface area contributed by atoms with Crippen LogP contribution in [-0.4, -0.2) is 53.6 Å². The fraction of sp³-hybridized carbons (Fsp3) is 0.350. The first kappa shape index (κ1) is 20.2. The molecule has 1 saturated heterocycles. The van der Waals surface area contributed by atoms with Crippen molar-refractivity contribution in [1.82, 2.24) is 14.9 Å². The quantitative estimate of drug-likeness (QED) is 0.517. The maximum absolute atomic E-state index is 12.5. The fourth-order valence-corrected chi connectivity index (χ4v) is 4.62. The predicted molar refractivity (Wildman–Crippen MR) is 117 cm³/mol. The molecule has 1 fully saturated rings. The molecule has 3 heterocycles. The van der Waals surface area contributed by atoms with Crippen molar-refractivity contribution in [2.75, 3.05) is 37.7 Å². The SMILES string of the molecule is O=C(CCCOc1ccc(Cl)cc1Cl)N1CCN(c2nc3cccnc3s2)CC1. The highest BCUT2D eigenvalue weighted by molar-refractivity contribution is 7.21. The van der Waals surface area contributed by atoms with Crippen LogP contribution in [0.1, 0.15) is 12.8 Å². The predicted octanol–water partition coefficient (Wildman–Crippen LogP) is 4.51. The maximum atomic E-state index is 12.5. The highest BCUT2D eigenvalue weighted by atomic mass is 35.5. The van der Waals surface area contributed by atoms with E-state index in [4.69, 9.17) is 27.9 Å². The number of piperazine rings is 1. The summed E-state index contributed by atoms with van der Waals surface area (Å²) in [6.45, 7) is 3.40. The van der Waals surface area contributed by atoms with Gasteiger partial charge in [-0.3, -0.25) is 4.79 Å². The molecule has 0 aliphatic carbocycles. The number of thiazole rings is 1. The zero-order chi connectivity index (χ0) is 20.2. The molecule has 152 valence electrons. The van der Waals surface area contributed by atoms with Crippen LogP contribution in [0.4, 0.5) is 5.13 Å². The second-order valence-corrected chi connectivity index (χ2v) is 8.52. The molecular formula is C20H20Cl2N4O2S. The number of amides is 1.